The highest BCUT2D eigenvalue weighted by atomic mass is 32.1. The Morgan fingerprint density at radius 1 is 1.67 bits per heavy atom. The van der Waals surface area contributed by atoms with Crippen LogP contribution in [0.5, 0.6) is 0 Å². The number of likely N-dealkylation sites (tertiary alicyclic amines) is 1. The highest BCUT2D eigenvalue weighted by molar-refractivity contribution is 7.08. The molecule has 0 bridgehead atoms. The first kappa shape index (κ1) is 10.6. The molecule has 1 aromatic rings. The van der Waals surface area contributed by atoms with E-state index >= 15 is 0 Å². The lowest BCUT2D eigenvalue weighted by Crippen LogP contribution is -2.41. The third-order valence-corrected chi connectivity index (χ3v) is 3.59. The van der Waals surface area contributed by atoms with Crippen molar-refractivity contribution in [2.75, 3.05) is 19.6 Å². The van der Waals surface area contributed by atoms with Crippen molar-refractivity contribution in [3.63, 3.8) is 0 Å². The van der Waals surface area contributed by atoms with Crippen LogP contribution in [0.15, 0.2) is 16.8 Å². The van der Waals surface area contributed by atoms with Crippen molar-refractivity contribution >= 4 is 17.2 Å². The number of hydrogen-bond acceptors (Lipinski definition) is 3. The summed E-state index contributed by atoms with van der Waals surface area (Å²) in [5.74, 6) is 0.649. The molecular weight excluding hydrogens is 208 g/mol. The Morgan fingerprint density at radius 2 is 2.53 bits per heavy atom. The first-order chi connectivity index (χ1) is 7.31. The average molecular weight is 224 g/mol. The van der Waals surface area contributed by atoms with Gasteiger partial charge in [-0.25, -0.2) is 0 Å². The van der Waals surface area contributed by atoms with E-state index in [9.17, 15) is 4.79 Å². The molecule has 1 saturated heterocycles. The van der Waals surface area contributed by atoms with Crippen molar-refractivity contribution in [2.45, 2.75) is 12.8 Å². The van der Waals surface area contributed by atoms with Gasteiger partial charge >= 0.3 is 0 Å². The van der Waals surface area contributed by atoms with Crippen molar-refractivity contribution in [1.29, 1.82) is 0 Å². The average Bonchev–Trinajstić information content (AvgIpc) is 2.81. The molecule has 1 aliphatic rings. The van der Waals surface area contributed by atoms with Crippen molar-refractivity contribution < 1.29 is 4.79 Å². The number of hydrogen-bond donors (Lipinski definition) is 1. The van der Waals surface area contributed by atoms with Crippen LogP contribution in [0.4, 0.5) is 0 Å². The van der Waals surface area contributed by atoms with E-state index in [1.807, 2.05) is 21.7 Å². The Morgan fingerprint density at radius 3 is 3.20 bits per heavy atom. The summed E-state index contributed by atoms with van der Waals surface area (Å²) < 4.78 is 0. The van der Waals surface area contributed by atoms with E-state index in [4.69, 9.17) is 5.73 Å². The minimum absolute atomic E-state index is 0.161. The Hall–Kier alpha value is -0.870. The second kappa shape index (κ2) is 4.77. The van der Waals surface area contributed by atoms with E-state index in [-0.39, 0.29) is 5.91 Å². The molecule has 1 amide bonds. The molecule has 0 aliphatic carbocycles. The van der Waals surface area contributed by atoms with Gasteiger partial charge in [-0.05, 0) is 36.8 Å². The largest absolute Gasteiger partial charge is 0.338 e. The Labute approximate surface area is 93.9 Å². The number of thiophene rings is 1. The molecule has 1 aromatic heterocycles. The van der Waals surface area contributed by atoms with Gasteiger partial charge in [0.25, 0.3) is 5.91 Å². The number of nitrogens with two attached hydrogens (primary N) is 1. The fraction of sp³-hybridized carbons (Fsp3) is 0.545. The first-order valence-corrected chi connectivity index (χ1v) is 6.27. The number of carbonyl (C=O) groups excluding carboxylic acids is 1. The number of nitrogens with zero attached hydrogens (tertiary/aromatic N) is 1. The van der Waals surface area contributed by atoms with E-state index in [1.165, 1.54) is 0 Å². The van der Waals surface area contributed by atoms with Crippen LogP contribution in [0.25, 0.3) is 0 Å². The Balaban J connectivity index is 2.01. The van der Waals surface area contributed by atoms with Crippen molar-refractivity contribution in [1.82, 2.24) is 4.90 Å². The summed E-state index contributed by atoms with van der Waals surface area (Å²) >= 11 is 1.57. The molecule has 1 atom stereocenters. The lowest BCUT2D eigenvalue weighted by atomic mass is 9.98. The van der Waals surface area contributed by atoms with Gasteiger partial charge in [-0.15, -0.1) is 0 Å². The molecule has 4 heteroatoms. The van der Waals surface area contributed by atoms with Crippen LogP contribution in [0, 0.1) is 5.92 Å². The molecular formula is C11H16N2OS. The molecule has 3 nitrogen and oxygen atoms in total. The predicted molar refractivity (Wildman–Crippen MR) is 62.0 cm³/mol. The van der Waals surface area contributed by atoms with Crippen molar-refractivity contribution in [3.05, 3.63) is 22.4 Å². The van der Waals surface area contributed by atoms with Gasteiger partial charge in [-0.2, -0.15) is 11.3 Å². The van der Waals surface area contributed by atoms with Crippen LogP contribution in [0.3, 0.4) is 0 Å². The minimum Gasteiger partial charge on any atom is -0.338 e. The summed E-state index contributed by atoms with van der Waals surface area (Å²) in [6.45, 7) is 2.39. The zero-order valence-electron chi connectivity index (χ0n) is 8.69. The zero-order valence-corrected chi connectivity index (χ0v) is 9.50. The summed E-state index contributed by atoms with van der Waals surface area (Å²) in [6.07, 6.45) is 2.24. The van der Waals surface area contributed by atoms with Gasteiger partial charge in [-0.1, -0.05) is 0 Å². The van der Waals surface area contributed by atoms with Gasteiger partial charge in [0, 0.05) is 18.5 Å². The first-order valence-electron chi connectivity index (χ1n) is 5.33. The van der Waals surface area contributed by atoms with Crippen LogP contribution >= 0.6 is 11.3 Å². The highest BCUT2D eigenvalue weighted by Gasteiger charge is 2.23. The minimum atomic E-state index is 0.161. The maximum Gasteiger partial charge on any atom is 0.254 e. The molecule has 2 rings (SSSR count). The van der Waals surface area contributed by atoms with E-state index in [2.05, 4.69) is 0 Å². The van der Waals surface area contributed by atoms with Crippen LogP contribution in [-0.2, 0) is 0 Å². The number of carbonyl (C=O) groups is 1. The van der Waals surface area contributed by atoms with Gasteiger partial charge in [0.2, 0.25) is 0 Å². The Kier molecular flexibility index (Phi) is 3.38. The molecule has 2 heterocycles. The molecule has 0 spiro atoms. The maximum absolute atomic E-state index is 12.0. The second-order valence-corrected chi connectivity index (χ2v) is 4.79. The monoisotopic (exact) mass is 224 g/mol. The lowest BCUT2D eigenvalue weighted by molar-refractivity contribution is 0.0679. The van der Waals surface area contributed by atoms with Gasteiger partial charge in [0.05, 0.1) is 5.56 Å². The normalized spacial score (nSPS) is 21.7. The van der Waals surface area contributed by atoms with Crippen LogP contribution in [0.1, 0.15) is 23.2 Å². The summed E-state index contributed by atoms with van der Waals surface area (Å²) in [7, 11) is 0. The smallest absolute Gasteiger partial charge is 0.254 e. The standard InChI is InChI=1S/C11H16N2OS/c12-6-9-2-1-4-13(7-9)11(14)10-3-5-15-8-10/h3,5,8-9H,1-2,4,6-7,12H2/t9-/m1/s1. The third-order valence-electron chi connectivity index (χ3n) is 2.91. The van der Waals surface area contributed by atoms with E-state index in [0.717, 1.165) is 31.5 Å². The van der Waals surface area contributed by atoms with Crippen LogP contribution in [0.2, 0.25) is 0 Å². The summed E-state index contributed by atoms with van der Waals surface area (Å²) in [4.78, 5) is 13.9. The van der Waals surface area contributed by atoms with Gasteiger partial charge in [0.15, 0.2) is 0 Å². The fourth-order valence-electron chi connectivity index (χ4n) is 2.01. The topological polar surface area (TPSA) is 46.3 Å². The highest BCUT2D eigenvalue weighted by Crippen LogP contribution is 2.18. The van der Waals surface area contributed by atoms with Gasteiger partial charge < -0.3 is 10.6 Å². The molecule has 2 N–H and O–H groups in total. The molecule has 0 saturated carbocycles. The maximum atomic E-state index is 12.0. The van der Waals surface area contributed by atoms with Gasteiger partial charge in [-0.3, -0.25) is 4.79 Å². The zero-order chi connectivity index (χ0) is 10.7. The van der Waals surface area contributed by atoms with Crippen LogP contribution in [-0.4, -0.2) is 30.4 Å². The quantitative estimate of drug-likeness (QED) is 0.828. The van der Waals surface area contributed by atoms with Crippen LogP contribution < -0.4 is 5.73 Å². The lowest BCUT2D eigenvalue weighted by Gasteiger charge is -2.31. The SMILES string of the molecule is NC[C@H]1CCCN(C(=O)c2ccsc2)C1. The van der Waals surface area contributed by atoms with Crippen molar-refractivity contribution in [3.8, 4) is 0 Å². The van der Waals surface area contributed by atoms with E-state index < -0.39 is 0 Å². The number of rotatable bonds is 2. The van der Waals surface area contributed by atoms with Gasteiger partial charge in [0.1, 0.15) is 0 Å². The summed E-state index contributed by atoms with van der Waals surface area (Å²) in [6, 6.07) is 1.89. The van der Waals surface area contributed by atoms with E-state index in [0.29, 0.717) is 12.5 Å². The number of piperidine rings is 1. The number of amides is 1. The third kappa shape index (κ3) is 2.38. The predicted octanol–water partition coefficient (Wildman–Crippen LogP) is 1.56. The summed E-state index contributed by atoms with van der Waals surface area (Å²) in [5, 5.41) is 3.85. The molecule has 1 aliphatic heterocycles. The van der Waals surface area contributed by atoms with Crippen molar-refractivity contribution in [2.24, 2.45) is 11.7 Å². The van der Waals surface area contributed by atoms with E-state index in [1.54, 1.807) is 11.3 Å². The second-order valence-electron chi connectivity index (χ2n) is 4.01. The molecule has 0 unspecified atom stereocenters. The molecule has 0 radical (unpaired) electrons. The Bertz CT molecular complexity index is 323. The fourth-order valence-corrected chi connectivity index (χ4v) is 2.64. The molecule has 1 fully saturated rings. The molecule has 82 valence electrons. The molecule has 15 heavy (non-hydrogen) atoms. The molecule has 0 aromatic carbocycles. The summed E-state index contributed by atoms with van der Waals surface area (Å²) in [5.41, 5.74) is 6.47.